The minimum Gasteiger partial charge on any atom is -0.396 e. The number of phosphoric ester groups is 1. The van der Waals surface area contributed by atoms with E-state index in [9.17, 15) is 19.7 Å². The first-order chi connectivity index (χ1) is 11.9. The zero-order chi connectivity index (χ0) is 18.2. The Balaban J connectivity index is 1.40. The lowest BCUT2D eigenvalue weighted by Crippen LogP contribution is -2.06. The van der Waals surface area contributed by atoms with E-state index in [0.717, 1.165) is 77.0 Å². The largest absolute Gasteiger partial charge is 0.472 e. The Morgan fingerprint density at radius 3 is 1.44 bits per heavy atom. The van der Waals surface area contributed by atoms with Gasteiger partial charge < -0.3 is 15.1 Å². The molecule has 0 spiro atoms. The van der Waals surface area contributed by atoms with Crippen LogP contribution < -0.4 is 0 Å². The first-order valence-electron chi connectivity index (χ1n) is 9.79. The molecule has 0 amide bonds. The normalized spacial score (nSPS) is 20.6. The average Bonchev–Trinajstić information content (AvgIpc) is 3.50. The second kappa shape index (κ2) is 9.82. The summed E-state index contributed by atoms with van der Waals surface area (Å²) in [6.07, 6.45) is 12.0. The van der Waals surface area contributed by atoms with Gasteiger partial charge in [0.1, 0.15) is 0 Å². The van der Waals surface area contributed by atoms with Gasteiger partial charge in [-0.3, -0.25) is 9.05 Å². The van der Waals surface area contributed by atoms with Crippen LogP contribution in [0.5, 0.6) is 0 Å². The Hall–Kier alpha value is 0.0300. The molecule has 0 aliphatic heterocycles. The molecular formula is C18H35O6P. The van der Waals surface area contributed by atoms with E-state index >= 15 is 0 Å². The predicted molar refractivity (Wildman–Crippen MR) is 96.2 cm³/mol. The van der Waals surface area contributed by atoms with Gasteiger partial charge in [-0.2, -0.15) is 0 Å². The van der Waals surface area contributed by atoms with Gasteiger partial charge in [0.15, 0.2) is 0 Å². The topological polar surface area (TPSA) is 96.2 Å². The van der Waals surface area contributed by atoms with Crippen LogP contribution in [0.4, 0.5) is 0 Å². The number of hydrogen-bond donors (Lipinski definition) is 3. The second-order valence-electron chi connectivity index (χ2n) is 8.07. The molecule has 0 aromatic rings. The molecule has 0 unspecified atom stereocenters. The van der Waals surface area contributed by atoms with Crippen LogP contribution in [0.3, 0.4) is 0 Å². The third-order valence-corrected chi connectivity index (χ3v) is 6.81. The third-order valence-electron chi connectivity index (χ3n) is 5.80. The first kappa shape index (κ1) is 21.3. The fourth-order valence-electron chi connectivity index (χ4n) is 3.28. The van der Waals surface area contributed by atoms with E-state index in [1.165, 1.54) is 0 Å². The second-order valence-corrected chi connectivity index (χ2v) is 9.53. The molecule has 3 N–H and O–H groups in total. The van der Waals surface area contributed by atoms with Gasteiger partial charge in [-0.1, -0.05) is 25.7 Å². The summed E-state index contributed by atoms with van der Waals surface area (Å²) >= 11 is 0. The van der Waals surface area contributed by atoms with E-state index < -0.39 is 7.82 Å². The molecule has 6 nitrogen and oxygen atoms in total. The van der Waals surface area contributed by atoms with Crippen molar-refractivity contribution in [2.45, 2.75) is 77.0 Å². The summed E-state index contributed by atoms with van der Waals surface area (Å²) in [5.74, 6) is 0. The molecule has 0 aromatic heterocycles. The van der Waals surface area contributed by atoms with E-state index in [1.54, 1.807) is 0 Å². The monoisotopic (exact) mass is 378 g/mol. The summed E-state index contributed by atoms with van der Waals surface area (Å²) < 4.78 is 21.8. The van der Waals surface area contributed by atoms with E-state index in [4.69, 9.17) is 9.05 Å². The van der Waals surface area contributed by atoms with E-state index in [1.807, 2.05) is 0 Å². The number of phosphoric acid groups is 1. The maximum absolute atomic E-state index is 11.8. The SMILES string of the molecule is O=P(O)(OCCCCCC1(CO)CC1)OCCCCCC1(CO)CC1. The molecule has 2 rings (SSSR count). The summed E-state index contributed by atoms with van der Waals surface area (Å²) in [5, 5.41) is 18.5. The quantitative estimate of drug-likeness (QED) is 0.279. The van der Waals surface area contributed by atoms with Crippen molar-refractivity contribution >= 4 is 7.82 Å². The van der Waals surface area contributed by atoms with Gasteiger partial charge in [0.05, 0.1) is 13.2 Å². The molecule has 0 atom stereocenters. The summed E-state index contributed by atoms with van der Waals surface area (Å²) in [4.78, 5) is 9.63. The predicted octanol–water partition coefficient (Wildman–Crippen LogP) is 3.79. The van der Waals surface area contributed by atoms with Crippen molar-refractivity contribution in [3.63, 3.8) is 0 Å². The Kier molecular flexibility index (Phi) is 8.38. The molecule has 0 radical (unpaired) electrons. The fourth-order valence-corrected chi connectivity index (χ4v) is 4.08. The van der Waals surface area contributed by atoms with Crippen molar-refractivity contribution in [2.75, 3.05) is 26.4 Å². The van der Waals surface area contributed by atoms with Crippen molar-refractivity contribution in [1.29, 1.82) is 0 Å². The van der Waals surface area contributed by atoms with Gasteiger partial charge in [-0.05, 0) is 62.2 Å². The molecule has 2 aliphatic rings. The smallest absolute Gasteiger partial charge is 0.396 e. The fraction of sp³-hybridized carbons (Fsp3) is 1.00. The van der Waals surface area contributed by atoms with Crippen LogP contribution in [0.1, 0.15) is 77.0 Å². The summed E-state index contributed by atoms with van der Waals surface area (Å²) in [6.45, 7) is 1.03. The Labute approximate surface area is 151 Å². The highest BCUT2D eigenvalue weighted by Crippen LogP contribution is 2.50. The lowest BCUT2D eigenvalue weighted by molar-refractivity contribution is 0.143. The molecule has 0 aromatic carbocycles. The standard InChI is InChI=1S/C18H35O6P/c19-15-17(9-10-17)7-3-1-5-13-23-25(21,22)24-14-6-2-4-8-18(16-20)11-12-18/h19-20H,1-16H2,(H,21,22). The highest BCUT2D eigenvalue weighted by molar-refractivity contribution is 7.47. The van der Waals surface area contributed by atoms with E-state index in [-0.39, 0.29) is 37.3 Å². The third kappa shape index (κ3) is 8.06. The number of unbranched alkanes of at least 4 members (excludes halogenated alkanes) is 4. The van der Waals surface area contributed by atoms with Crippen LogP contribution in [0.25, 0.3) is 0 Å². The van der Waals surface area contributed by atoms with Crippen molar-refractivity contribution in [2.24, 2.45) is 10.8 Å². The van der Waals surface area contributed by atoms with Gasteiger partial charge >= 0.3 is 7.82 Å². The maximum atomic E-state index is 11.8. The van der Waals surface area contributed by atoms with Crippen LogP contribution in [-0.2, 0) is 13.6 Å². The molecular weight excluding hydrogens is 343 g/mol. The molecule has 0 heterocycles. The van der Waals surface area contributed by atoms with E-state index in [2.05, 4.69) is 0 Å². The molecule has 0 bridgehead atoms. The summed E-state index contributed by atoms with van der Waals surface area (Å²) in [5.41, 5.74) is 0.374. The Morgan fingerprint density at radius 1 is 0.720 bits per heavy atom. The van der Waals surface area contributed by atoms with Crippen LogP contribution in [0, 0.1) is 10.8 Å². The Bertz CT molecular complexity index is 397. The molecule has 25 heavy (non-hydrogen) atoms. The van der Waals surface area contributed by atoms with Crippen LogP contribution in [0.15, 0.2) is 0 Å². The number of aliphatic hydroxyl groups is 2. The minimum atomic E-state index is -3.92. The molecule has 2 saturated carbocycles. The molecule has 2 fully saturated rings. The van der Waals surface area contributed by atoms with Crippen molar-refractivity contribution < 1.29 is 28.7 Å². The lowest BCUT2D eigenvalue weighted by atomic mass is 10.00. The van der Waals surface area contributed by atoms with Crippen LogP contribution in [0.2, 0.25) is 0 Å². The Morgan fingerprint density at radius 2 is 1.12 bits per heavy atom. The highest BCUT2D eigenvalue weighted by atomic mass is 31.2. The maximum Gasteiger partial charge on any atom is 0.472 e. The minimum absolute atomic E-state index is 0.187. The number of aliphatic hydroxyl groups excluding tert-OH is 2. The van der Waals surface area contributed by atoms with Gasteiger partial charge in [0.25, 0.3) is 0 Å². The van der Waals surface area contributed by atoms with Gasteiger partial charge in [0.2, 0.25) is 0 Å². The van der Waals surface area contributed by atoms with Crippen molar-refractivity contribution in [3.8, 4) is 0 Å². The number of hydrogen-bond acceptors (Lipinski definition) is 5. The zero-order valence-corrected chi connectivity index (χ0v) is 16.2. The van der Waals surface area contributed by atoms with Crippen molar-refractivity contribution in [1.82, 2.24) is 0 Å². The molecule has 2 aliphatic carbocycles. The molecule has 7 heteroatoms. The van der Waals surface area contributed by atoms with Crippen molar-refractivity contribution in [3.05, 3.63) is 0 Å². The lowest BCUT2D eigenvalue weighted by Gasteiger charge is -2.13. The average molecular weight is 378 g/mol. The first-order valence-corrected chi connectivity index (χ1v) is 11.3. The zero-order valence-electron chi connectivity index (χ0n) is 15.3. The van der Waals surface area contributed by atoms with Crippen LogP contribution >= 0.6 is 7.82 Å². The van der Waals surface area contributed by atoms with Gasteiger partial charge in [-0.15, -0.1) is 0 Å². The number of rotatable bonds is 16. The van der Waals surface area contributed by atoms with Crippen LogP contribution in [-0.4, -0.2) is 41.5 Å². The summed E-state index contributed by atoms with van der Waals surface area (Å²) in [7, 11) is -3.92. The summed E-state index contributed by atoms with van der Waals surface area (Å²) in [6, 6.07) is 0. The van der Waals surface area contributed by atoms with Gasteiger partial charge in [0, 0.05) is 13.2 Å². The molecule has 148 valence electrons. The molecule has 0 saturated heterocycles. The van der Waals surface area contributed by atoms with E-state index in [0.29, 0.717) is 0 Å². The van der Waals surface area contributed by atoms with Gasteiger partial charge in [-0.25, -0.2) is 4.57 Å². The highest BCUT2D eigenvalue weighted by Gasteiger charge is 2.41.